The van der Waals surface area contributed by atoms with Crippen LogP contribution in [0.3, 0.4) is 0 Å². The topological polar surface area (TPSA) is 117 Å². The van der Waals surface area contributed by atoms with Crippen LogP contribution in [0.15, 0.2) is 53.6 Å². The third kappa shape index (κ3) is 4.04. The maximum absolute atomic E-state index is 11.5. The Morgan fingerprint density at radius 1 is 1.23 bits per heavy atom. The van der Waals surface area contributed by atoms with Crippen LogP contribution in [0.25, 0.3) is 0 Å². The zero-order valence-electron chi connectivity index (χ0n) is 11.3. The van der Waals surface area contributed by atoms with E-state index in [0.717, 1.165) is 6.07 Å². The van der Waals surface area contributed by atoms with Gasteiger partial charge in [0.2, 0.25) is 0 Å². The van der Waals surface area contributed by atoms with Gasteiger partial charge in [0.15, 0.2) is 5.75 Å². The zero-order chi connectivity index (χ0) is 15.9. The summed E-state index contributed by atoms with van der Waals surface area (Å²) in [6.45, 7) is 0. The van der Waals surface area contributed by atoms with E-state index < -0.39 is 22.4 Å². The average molecular weight is 300 g/mol. The Hall–Kier alpha value is -3.42. The van der Waals surface area contributed by atoms with Gasteiger partial charge in [0.1, 0.15) is 0 Å². The second-order valence-electron chi connectivity index (χ2n) is 4.20. The molecular weight excluding hydrogens is 288 g/mol. The molecule has 2 aromatic carbocycles. The standard InChI is InChI=1S/C14H12N4O4/c19-13-7-6-10(8-12(13)18(21)22)9-15-17-14(20)16-11-4-2-1-3-5-11/h1-9,19H,(H2,16,17,20)/b15-9-. The zero-order valence-corrected chi connectivity index (χ0v) is 11.3. The van der Waals surface area contributed by atoms with Crippen LogP contribution in [0, 0.1) is 10.1 Å². The lowest BCUT2D eigenvalue weighted by Gasteiger charge is -2.03. The molecule has 0 atom stereocenters. The first-order valence-electron chi connectivity index (χ1n) is 6.19. The van der Waals surface area contributed by atoms with Gasteiger partial charge >= 0.3 is 11.7 Å². The molecule has 0 saturated carbocycles. The predicted molar refractivity (Wildman–Crippen MR) is 81.0 cm³/mol. The molecule has 0 bridgehead atoms. The second-order valence-corrected chi connectivity index (χ2v) is 4.20. The number of para-hydroxylation sites is 1. The maximum Gasteiger partial charge on any atom is 0.339 e. The minimum atomic E-state index is -0.706. The number of amides is 2. The van der Waals surface area contributed by atoms with Crippen molar-refractivity contribution in [3.05, 3.63) is 64.2 Å². The number of phenols is 1. The molecule has 2 amide bonds. The van der Waals surface area contributed by atoms with E-state index in [4.69, 9.17) is 0 Å². The van der Waals surface area contributed by atoms with Crippen molar-refractivity contribution in [2.24, 2.45) is 5.10 Å². The summed E-state index contributed by atoms with van der Waals surface area (Å²) in [7, 11) is 0. The van der Waals surface area contributed by atoms with Crippen molar-refractivity contribution in [3.8, 4) is 5.75 Å². The molecule has 22 heavy (non-hydrogen) atoms. The van der Waals surface area contributed by atoms with Gasteiger partial charge in [-0.2, -0.15) is 5.10 Å². The number of nitro groups is 1. The number of nitrogens with zero attached hydrogens (tertiary/aromatic N) is 2. The lowest BCUT2D eigenvalue weighted by Crippen LogP contribution is -2.24. The first-order valence-corrected chi connectivity index (χ1v) is 6.19. The first-order chi connectivity index (χ1) is 10.6. The van der Waals surface area contributed by atoms with Gasteiger partial charge in [-0.25, -0.2) is 10.2 Å². The van der Waals surface area contributed by atoms with Crippen molar-refractivity contribution in [2.75, 3.05) is 5.32 Å². The number of carbonyl (C=O) groups is 1. The summed E-state index contributed by atoms with van der Waals surface area (Å²) in [4.78, 5) is 21.5. The Kier molecular flexibility index (Phi) is 4.66. The number of carbonyl (C=O) groups excluding carboxylic acids is 1. The van der Waals surface area contributed by atoms with Gasteiger partial charge in [-0.05, 0) is 24.3 Å². The fraction of sp³-hybridized carbons (Fsp3) is 0. The Balaban J connectivity index is 1.96. The third-order valence-corrected chi connectivity index (χ3v) is 2.61. The number of rotatable bonds is 4. The van der Waals surface area contributed by atoms with E-state index >= 15 is 0 Å². The molecule has 0 fully saturated rings. The Morgan fingerprint density at radius 2 is 1.95 bits per heavy atom. The molecule has 0 aliphatic heterocycles. The van der Waals surface area contributed by atoms with E-state index in [9.17, 15) is 20.0 Å². The molecule has 0 radical (unpaired) electrons. The second kappa shape index (κ2) is 6.84. The first kappa shape index (κ1) is 15.0. The van der Waals surface area contributed by atoms with Crippen molar-refractivity contribution < 1.29 is 14.8 Å². The molecule has 3 N–H and O–H groups in total. The minimum absolute atomic E-state index is 0.365. The summed E-state index contributed by atoms with van der Waals surface area (Å²) in [5, 5.41) is 26.2. The van der Waals surface area contributed by atoms with E-state index in [0.29, 0.717) is 11.3 Å². The van der Waals surface area contributed by atoms with Gasteiger partial charge in [-0.3, -0.25) is 10.1 Å². The van der Waals surface area contributed by atoms with Crippen LogP contribution in [0.4, 0.5) is 16.2 Å². The molecule has 0 aliphatic carbocycles. The Bertz CT molecular complexity index is 716. The average Bonchev–Trinajstić information content (AvgIpc) is 2.49. The molecule has 0 aromatic heterocycles. The summed E-state index contributed by atoms with van der Waals surface area (Å²) >= 11 is 0. The summed E-state index contributed by atoms with van der Waals surface area (Å²) in [6.07, 6.45) is 1.23. The molecule has 0 unspecified atom stereocenters. The van der Waals surface area contributed by atoms with Crippen LogP contribution < -0.4 is 10.7 Å². The van der Waals surface area contributed by atoms with Crippen LogP contribution in [0.2, 0.25) is 0 Å². The van der Waals surface area contributed by atoms with Crippen LogP contribution in [0.1, 0.15) is 5.56 Å². The molecule has 2 rings (SSSR count). The quantitative estimate of drug-likeness (QED) is 0.456. The Labute approximate surface area is 125 Å². The largest absolute Gasteiger partial charge is 0.502 e. The highest BCUT2D eigenvalue weighted by atomic mass is 16.6. The highest BCUT2D eigenvalue weighted by Crippen LogP contribution is 2.25. The summed E-state index contributed by atoms with van der Waals surface area (Å²) in [6, 6.07) is 12.0. The number of nitro benzene ring substituents is 1. The lowest BCUT2D eigenvalue weighted by atomic mass is 10.2. The SMILES string of the molecule is O=C(N/N=C\c1ccc(O)c([N+](=O)[O-])c1)Nc1ccccc1. The summed E-state index contributed by atoms with van der Waals surface area (Å²) in [5.74, 6) is -0.433. The minimum Gasteiger partial charge on any atom is -0.502 e. The van der Waals surface area contributed by atoms with Crippen LogP contribution in [-0.2, 0) is 0 Å². The monoisotopic (exact) mass is 300 g/mol. The number of nitrogens with one attached hydrogen (secondary N) is 2. The number of phenolic OH excluding ortho intramolecular Hbond substituents is 1. The number of urea groups is 1. The number of benzene rings is 2. The van der Waals surface area contributed by atoms with E-state index in [1.54, 1.807) is 24.3 Å². The summed E-state index contributed by atoms with van der Waals surface area (Å²) in [5.41, 5.74) is 2.77. The van der Waals surface area contributed by atoms with Crippen molar-refractivity contribution in [1.29, 1.82) is 0 Å². The number of hydrazone groups is 1. The Morgan fingerprint density at radius 3 is 2.64 bits per heavy atom. The highest BCUT2D eigenvalue weighted by Gasteiger charge is 2.12. The van der Waals surface area contributed by atoms with E-state index in [-0.39, 0.29) is 0 Å². The predicted octanol–water partition coefficient (Wildman–Crippen LogP) is 2.46. The molecule has 0 spiro atoms. The molecule has 0 aliphatic rings. The normalized spacial score (nSPS) is 10.4. The maximum atomic E-state index is 11.5. The van der Waals surface area contributed by atoms with Crippen LogP contribution in [-0.4, -0.2) is 22.3 Å². The van der Waals surface area contributed by atoms with Crippen LogP contribution in [0.5, 0.6) is 5.75 Å². The van der Waals surface area contributed by atoms with Gasteiger partial charge in [-0.15, -0.1) is 0 Å². The molecule has 8 nitrogen and oxygen atoms in total. The molecule has 0 heterocycles. The summed E-state index contributed by atoms with van der Waals surface area (Å²) < 4.78 is 0. The fourth-order valence-corrected chi connectivity index (χ4v) is 1.61. The molecule has 2 aromatic rings. The van der Waals surface area contributed by atoms with Crippen molar-refractivity contribution in [1.82, 2.24) is 5.43 Å². The highest BCUT2D eigenvalue weighted by molar-refractivity contribution is 5.90. The van der Waals surface area contributed by atoms with Crippen molar-refractivity contribution in [2.45, 2.75) is 0 Å². The van der Waals surface area contributed by atoms with E-state index in [1.807, 2.05) is 6.07 Å². The van der Waals surface area contributed by atoms with Gasteiger partial charge in [0.05, 0.1) is 11.1 Å². The van der Waals surface area contributed by atoms with E-state index in [2.05, 4.69) is 15.8 Å². The lowest BCUT2D eigenvalue weighted by molar-refractivity contribution is -0.385. The fourth-order valence-electron chi connectivity index (χ4n) is 1.61. The smallest absolute Gasteiger partial charge is 0.339 e. The van der Waals surface area contributed by atoms with Gasteiger partial charge in [0, 0.05) is 17.3 Å². The van der Waals surface area contributed by atoms with Crippen molar-refractivity contribution >= 4 is 23.6 Å². The molecular formula is C14H12N4O4. The molecule has 112 valence electrons. The molecule has 0 saturated heterocycles. The van der Waals surface area contributed by atoms with Gasteiger partial charge in [-0.1, -0.05) is 18.2 Å². The van der Waals surface area contributed by atoms with Crippen LogP contribution >= 0.6 is 0 Å². The van der Waals surface area contributed by atoms with Gasteiger partial charge in [0.25, 0.3) is 0 Å². The molecule has 8 heteroatoms. The number of hydrogen-bond acceptors (Lipinski definition) is 5. The third-order valence-electron chi connectivity index (χ3n) is 2.61. The van der Waals surface area contributed by atoms with Crippen molar-refractivity contribution in [3.63, 3.8) is 0 Å². The number of aromatic hydroxyl groups is 1. The van der Waals surface area contributed by atoms with E-state index in [1.165, 1.54) is 18.3 Å². The number of anilines is 1. The van der Waals surface area contributed by atoms with Gasteiger partial charge < -0.3 is 10.4 Å². The number of hydrogen-bond donors (Lipinski definition) is 3.